The van der Waals surface area contributed by atoms with Gasteiger partial charge in [0, 0.05) is 19.3 Å². The third-order valence-corrected chi connectivity index (χ3v) is 5.77. The molecule has 1 atom stereocenters. The molecule has 9 nitrogen and oxygen atoms in total. The van der Waals surface area contributed by atoms with Gasteiger partial charge in [-0.05, 0) is 24.1 Å². The maximum Gasteiger partial charge on any atom is 0.265 e. The van der Waals surface area contributed by atoms with Crippen LogP contribution in [0.3, 0.4) is 0 Å². The van der Waals surface area contributed by atoms with Gasteiger partial charge in [0.1, 0.15) is 5.75 Å². The van der Waals surface area contributed by atoms with Crippen molar-refractivity contribution in [2.75, 3.05) is 37.7 Å². The van der Waals surface area contributed by atoms with Gasteiger partial charge in [0.05, 0.1) is 42.1 Å². The quantitative estimate of drug-likeness (QED) is 0.622. The molecule has 2 aliphatic heterocycles. The number of carbonyl (C=O) groups excluding carboxylic acids is 2. The number of nitrogens with zero attached hydrogens (tertiary/aromatic N) is 4. The molecule has 0 bridgehead atoms. The molecule has 2 aromatic heterocycles. The molecule has 1 saturated heterocycles. The van der Waals surface area contributed by atoms with Crippen molar-refractivity contribution in [2.45, 2.75) is 25.9 Å². The number of morpholine rings is 1. The van der Waals surface area contributed by atoms with E-state index in [1.807, 2.05) is 32.0 Å². The first kappa shape index (κ1) is 20.4. The highest BCUT2D eigenvalue weighted by Gasteiger charge is 2.37. The molecule has 166 valence electrons. The second kappa shape index (κ2) is 8.23. The monoisotopic (exact) mass is 436 g/mol. The summed E-state index contributed by atoms with van der Waals surface area (Å²) in [6.45, 7) is 6.16. The van der Waals surface area contributed by atoms with E-state index in [1.165, 1.54) is 6.20 Å². The summed E-state index contributed by atoms with van der Waals surface area (Å²) < 4.78 is 16.6. The average molecular weight is 436 g/mol. The SMILES string of the molecule is CC(C)c1noc2ncc(C(=O)N3CC(C(=O)N4CCOCC4)Oc4ccccc43)cc12. The van der Waals surface area contributed by atoms with Crippen molar-refractivity contribution in [3.8, 4) is 5.75 Å². The number of hydrogen-bond donors (Lipinski definition) is 0. The van der Waals surface area contributed by atoms with Crippen molar-refractivity contribution in [1.29, 1.82) is 0 Å². The molecule has 0 radical (unpaired) electrons. The first-order valence-corrected chi connectivity index (χ1v) is 10.7. The summed E-state index contributed by atoms with van der Waals surface area (Å²) >= 11 is 0. The van der Waals surface area contributed by atoms with E-state index in [9.17, 15) is 9.59 Å². The normalized spacial score (nSPS) is 18.5. The number of anilines is 1. The van der Waals surface area contributed by atoms with Crippen LogP contribution in [-0.2, 0) is 9.53 Å². The van der Waals surface area contributed by atoms with E-state index in [1.54, 1.807) is 21.9 Å². The summed E-state index contributed by atoms with van der Waals surface area (Å²) in [6.07, 6.45) is 0.696. The first-order chi connectivity index (χ1) is 15.5. The zero-order valence-corrected chi connectivity index (χ0v) is 18.0. The van der Waals surface area contributed by atoms with Crippen LogP contribution in [0.4, 0.5) is 5.69 Å². The van der Waals surface area contributed by atoms with Crippen LogP contribution in [0.1, 0.15) is 35.8 Å². The summed E-state index contributed by atoms with van der Waals surface area (Å²) in [5.74, 6) is 0.227. The lowest BCUT2D eigenvalue weighted by Crippen LogP contribution is -2.54. The Labute approximate surface area is 184 Å². The van der Waals surface area contributed by atoms with Crippen LogP contribution in [0.25, 0.3) is 11.1 Å². The predicted octanol–water partition coefficient (Wildman–Crippen LogP) is 2.61. The fraction of sp³-hybridized carbons (Fsp3) is 0.391. The Kier molecular flexibility index (Phi) is 5.26. The van der Waals surface area contributed by atoms with E-state index in [0.717, 1.165) is 5.69 Å². The first-order valence-electron chi connectivity index (χ1n) is 10.7. The van der Waals surface area contributed by atoms with E-state index in [-0.39, 0.29) is 24.3 Å². The van der Waals surface area contributed by atoms with Gasteiger partial charge in [0.25, 0.3) is 17.5 Å². The summed E-state index contributed by atoms with van der Waals surface area (Å²) in [5.41, 5.74) is 2.17. The van der Waals surface area contributed by atoms with Gasteiger partial charge in [-0.3, -0.25) is 9.59 Å². The van der Waals surface area contributed by atoms with Crippen LogP contribution in [0, 0.1) is 0 Å². The van der Waals surface area contributed by atoms with Crippen LogP contribution in [0.15, 0.2) is 41.1 Å². The molecule has 9 heteroatoms. The molecule has 1 aromatic carbocycles. The van der Waals surface area contributed by atoms with Crippen molar-refractivity contribution in [2.24, 2.45) is 0 Å². The number of aromatic nitrogens is 2. The zero-order chi connectivity index (χ0) is 22.2. The molecular formula is C23H24N4O5. The summed E-state index contributed by atoms with van der Waals surface area (Å²) in [4.78, 5) is 34.3. The van der Waals surface area contributed by atoms with Gasteiger partial charge in [0.2, 0.25) is 0 Å². The number of fused-ring (bicyclic) bond motifs is 2. The number of ether oxygens (including phenoxy) is 2. The molecular weight excluding hydrogens is 412 g/mol. The van der Waals surface area contributed by atoms with E-state index in [2.05, 4.69) is 10.1 Å². The average Bonchev–Trinajstić information content (AvgIpc) is 3.26. The highest BCUT2D eigenvalue weighted by molar-refractivity contribution is 6.09. The van der Waals surface area contributed by atoms with Crippen LogP contribution < -0.4 is 9.64 Å². The smallest absolute Gasteiger partial charge is 0.265 e. The summed E-state index contributed by atoms with van der Waals surface area (Å²) in [7, 11) is 0. The minimum Gasteiger partial charge on any atom is -0.476 e. The van der Waals surface area contributed by atoms with E-state index >= 15 is 0 Å². The number of rotatable bonds is 3. The minimum absolute atomic E-state index is 0.116. The lowest BCUT2D eigenvalue weighted by Gasteiger charge is -2.37. The van der Waals surface area contributed by atoms with Gasteiger partial charge in [-0.25, -0.2) is 4.98 Å². The molecule has 2 amide bonds. The molecule has 1 fully saturated rings. The van der Waals surface area contributed by atoms with Crippen LogP contribution in [-0.4, -0.2) is 65.8 Å². The van der Waals surface area contributed by atoms with Gasteiger partial charge < -0.3 is 23.8 Å². The van der Waals surface area contributed by atoms with Gasteiger partial charge in [-0.1, -0.05) is 31.1 Å². The Morgan fingerprint density at radius 3 is 2.72 bits per heavy atom. The second-order valence-electron chi connectivity index (χ2n) is 8.23. The minimum atomic E-state index is -0.787. The van der Waals surface area contributed by atoms with Crippen LogP contribution in [0.5, 0.6) is 5.75 Å². The second-order valence-corrected chi connectivity index (χ2v) is 8.23. The number of hydrogen-bond acceptors (Lipinski definition) is 7. The Hall–Kier alpha value is -3.46. The standard InChI is InChI=1S/C23H24N4O5/c1-14(2)20-16-11-15(12-24-21(16)32-25-20)22(28)27-13-19(23(29)26-7-9-30-10-8-26)31-18-6-4-3-5-17(18)27/h3-6,11-12,14,19H,7-10,13H2,1-2H3. The van der Waals surface area contributed by atoms with Crippen molar-refractivity contribution in [3.05, 3.63) is 47.8 Å². The Bertz CT molecular complexity index is 1170. The predicted molar refractivity (Wildman–Crippen MR) is 116 cm³/mol. The maximum absolute atomic E-state index is 13.6. The van der Waals surface area contributed by atoms with Crippen LogP contribution in [0.2, 0.25) is 0 Å². The number of amides is 2. The lowest BCUT2D eigenvalue weighted by molar-refractivity contribution is -0.142. The molecule has 32 heavy (non-hydrogen) atoms. The Balaban J connectivity index is 1.48. The van der Waals surface area contributed by atoms with E-state index < -0.39 is 6.10 Å². The van der Waals surface area contributed by atoms with Gasteiger partial charge in [0.15, 0.2) is 6.10 Å². The molecule has 0 spiro atoms. The van der Waals surface area contributed by atoms with Crippen molar-refractivity contribution in [1.82, 2.24) is 15.0 Å². The molecule has 0 N–H and O–H groups in total. The molecule has 0 aliphatic carbocycles. The molecule has 1 unspecified atom stereocenters. The van der Waals surface area contributed by atoms with Crippen molar-refractivity contribution >= 4 is 28.6 Å². The largest absolute Gasteiger partial charge is 0.476 e. The highest BCUT2D eigenvalue weighted by Crippen LogP contribution is 2.35. The van der Waals surface area contributed by atoms with Gasteiger partial charge >= 0.3 is 0 Å². The molecule has 4 heterocycles. The number of benzene rings is 1. The fourth-order valence-electron chi connectivity index (χ4n) is 4.08. The van der Waals surface area contributed by atoms with Crippen molar-refractivity contribution in [3.63, 3.8) is 0 Å². The molecule has 0 saturated carbocycles. The number of carbonyl (C=O) groups is 2. The number of para-hydroxylation sites is 2. The third-order valence-electron chi connectivity index (χ3n) is 5.77. The van der Waals surface area contributed by atoms with Crippen molar-refractivity contribution < 1.29 is 23.6 Å². The van der Waals surface area contributed by atoms with Gasteiger partial charge in [-0.15, -0.1) is 0 Å². The van der Waals surface area contributed by atoms with Gasteiger partial charge in [-0.2, -0.15) is 0 Å². The Morgan fingerprint density at radius 2 is 1.94 bits per heavy atom. The summed E-state index contributed by atoms with van der Waals surface area (Å²) in [5, 5.41) is 4.80. The Morgan fingerprint density at radius 1 is 1.16 bits per heavy atom. The third kappa shape index (κ3) is 3.58. The number of pyridine rings is 1. The zero-order valence-electron chi connectivity index (χ0n) is 18.0. The molecule has 2 aliphatic rings. The fourth-order valence-corrected chi connectivity index (χ4v) is 4.08. The van der Waals surface area contributed by atoms with E-state index in [0.29, 0.717) is 54.4 Å². The molecule has 5 rings (SSSR count). The summed E-state index contributed by atoms with van der Waals surface area (Å²) in [6, 6.07) is 9.00. The van der Waals surface area contributed by atoms with E-state index in [4.69, 9.17) is 14.0 Å². The lowest BCUT2D eigenvalue weighted by atomic mass is 10.1. The van der Waals surface area contributed by atoms with Crippen LogP contribution >= 0.6 is 0 Å². The highest BCUT2D eigenvalue weighted by atomic mass is 16.5. The topological polar surface area (TPSA) is 98.0 Å². The molecule has 3 aromatic rings. The maximum atomic E-state index is 13.6.